The number of anilines is 1. The topological polar surface area (TPSA) is 37.4 Å². The standard InChI is InChI=1S/C11H10BrNO2S3/c12-7-2-1-3-8(4-7)13-9-5-18(14,15)6-10(9)17-11(13)16/h1-4,9-10H,5-6H2/t9-,10+/m1/s1. The Bertz CT molecular complexity index is 616. The maximum atomic E-state index is 11.7. The van der Waals surface area contributed by atoms with Crippen molar-refractivity contribution < 1.29 is 8.42 Å². The first kappa shape index (κ1) is 12.9. The fourth-order valence-corrected chi connectivity index (χ4v) is 7.16. The van der Waals surface area contributed by atoms with Gasteiger partial charge >= 0.3 is 0 Å². The zero-order valence-corrected chi connectivity index (χ0v) is 13.3. The minimum Gasteiger partial charge on any atom is -0.322 e. The van der Waals surface area contributed by atoms with E-state index in [-0.39, 0.29) is 22.8 Å². The van der Waals surface area contributed by atoms with Crippen molar-refractivity contribution in [3.63, 3.8) is 0 Å². The summed E-state index contributed by atoms with van der Waals surface area (Å²) in [6.45, 7) is 0. The van der Waals surface area contributed by atoms with E-state index in [1.165, 1.54) is 11.8 Å². The third-order valence-electron chi connectivity index (χ3n) is 3.14. The Hall–Kier alpha value is -0.110. The van der Waals surface area contributed by atoms with Crippen molar-refractivity contribution in [2.75, 3.05) is 16.4 Å². The van der Waals surface area contributed by atoms with Crippen LogP contribution in [-0.2, 0) is 9.84 Å². The fraction of sp³-hybridized carbons (Fsp3) is 0.364. The van der Waals surface area contributed by atoms with Crippen LogP contribution in [0.1, 0.15) is 0 Å². The minimum absolute atomic E-state index is 0.0122. The Morgan fingerprint density at radius 1 is 1.39 bits per heavy atom. The largest absolute Gasteiger partial charge is 0.322 e. The molecular weight excluding hydrogens is 354 g/mol. The van der Waals surface area contributed by atoms with E-state index in [1.807, 2.05) is 29.2 Å². The number of rotatable bonds is 1. The second kappa shape index (κ2) is 4.47. The van der Waals surface area contributed by atoms with Crippen molar-refractivity contribution in [1.82, 2.24) is 0 Å². The van der Waals surface area contributed by atoms with E-state index >= 15 is 0 Å². The van der Waals surface area contributed by atoms with E-state index in [2.05, 4.69) is 15.9 Å². The van der Waals surface area contributed by atoms with Crippen LogP contribution in [0, 0.1) is 0 Å². The van der Waals surface area contributed by atoms with Gasteiger partial charge in [0.25, 0.3) is 0 Å². The molecule has 2 saturated heterocycles. The van der Waals surface area contributed by atoms with Crippen molar-refractivity contribution in [3.8, 4) is 0 Å². The summed E-state index contributed by atoms with van der Waals surface area (Å²) in [5, 5.41) is 0.0847. The van der Waals surface area contributed by atoms with Crippen molar-refractivity contribution in [3.05, 3.63) is 28.7 Å². The first-order valence-electron chi connectivity index (χ1n) is 5.42. The van der Waals surface area contributed by atoms with Gasteiger partial charge in [-0.25, -0.2) is 8.42 Å². The first-order chi connectivity index (χ1) is 8.46. The van der Waals surface area contributed by atoms with Crippen molar-refractivity contribution >= 4 is 59.8 Å². The second-order valence-corrected chi connectivity index (χ2v) is 9.36. The fourth-order valence-electron chi connectivity index (χ4n) is 2.39. The van der Waals surface area contributed by atoms with Gasteiger partial charge in [-0.1, -0.05) is 46.0 Å². The molecule has 0 amide bonds. The lowest BCUT2D eigenvalue weighted by Gasteiger charge is -2.24. The quantitative estimate of drug-likeness (QED) is 0.716. The first-order valence-corrected chi connectivity index (χ1v) is 9.32. The van der Waals surface area contributed by atoms with Gasteiger partial charge in [-0.3, -0.25) is 0 Å². The summed E-state index contributed by atoms with van der Waals surface area (Å²) in [6, 6.07) is 7.80. The lowest BCUT2D eigenvalue weighted by Crippen LogP contribution is -2.36. The molecule has 3 rings (SSSR count). The maximum Gasteiger partial charge on any atom is 0.153 e. The molecule has 2 aliphatic rings. The summed E-state index contributed by atoms with van der Waals surface area (Å²) in [7, 11) is -2.91. The molecule has 0 saturated carbocycles. The predicted octanol–water partition coefficient (Wildman–Crippen LogP) is 2.45. The number of hydrogen-bond donors (Lipinski definition) is 0. The number of thioether (sulfide) groups is 1. The zero-order valence-electron chi connectivity index (χ0n) is 9.24. The third-order valence-corrected chi connectivity index (χ3v) is 7.23. The summed E-state index contributed by atoms with van der Waals surface area (Å²) in [4.78, 5) is 1.99. The molecule has 2 heterocycles. The lowest BCUT2D eigenvalue weighted by atomic mass is 10.2. The van der Waals surface area contributed by atoms with Gasteiger partial charge in [0.05, 0.1) is 17.5 Å². The Labute approximate surface area is 124 Å². The number of fused-ring (bicyclic) bond motifs is 1. The Morgan fingerprint density at radius 2 is 2.17 bits per heavy atom. The Balaban J connectivity index is 1.99. The molecule has 1 aromatic carbocycles. The highest BCUT2D eigenvalue weighted by Crippen LogP contribution is 2.41. The van der Waals surface area contributed by atoms with Crippen LogP contribution < -0.4 is 4.90 Å². The molecule has 0 bridgehead atoms. The number of nitrogens with zero attached hydrogens (tertiary/aromatic N) is 1. The molecule has 7 heteroatoms. The predicted molar refractivity (Wildman–Crippen MR) is 83.0 cm³/mol. The van der Waals surface area contributed by atoms with Gasteiger partial charge in [0, 0.05) is 15.4 Å². The molecule has 0 N–H and O–H groups in total. The van der Waals surface area contributed by atoms with Crippen molar-refractivity contribution in [2.24, 2.45) is 0 Å². The smallest absolute Gasteiger partial charge is 0.153 e. The highest BCUT2D eigenvalue weighted by atomic mass is 79.9. The number of halogens is 1. The number of thiocarbonyl (C=S) groups is 1. The summed E-state index contributed by atoms with van der Waals surface area (Å²) < 4.78 is 25.1. The molecule has 1 aromatic rings. The van der Waals surface area contributed by atoms with Crippen LogP contribution in [0.4, 0.5) is 5.69 Å². The molecular formula is C11H10BrNO2S3. The second-order valence-electron chi connectivity index (χ2n) is 4.42. The van der Waals surface area contributed by atoms with Gasteiger partial charge in [-0.2, -0.15) is 0 Å². The van der Waals surface area contributed by atoms with E-state index < -0.39 is 9.84 Å². The van der Waals surface area contributed by atoms with Gasteiger partial charge in [-0.15, -0.1) is 0 Å². The molecule has 0 aliphatic carbocycles. The molecule has 0 aromatic heterocycles. The number of hydrogen-bond acceptors (Lipinski definition) is 4. The molecule has 96 valence electrons. The van der Waals surface area contributed by atoms with E-state index in [1.54, 1.807) is 0 Å². The zero-order chi connectivity index (χ0) is 12.9. The van der Waals surface area contributed by atoms with E-state index in [9.17, 15) is 8.42 Å². The van der Waals surface area contributed by atoms with Crippen LogP contribution in [-0.4, -0.2) is 35.5 Å². The number of benzene rings is 1. The lowest BCUT2D eigenvalue weighted by molar-refractivity contribution is 0.601. The van der Waals surface area contributed by atoms with Crippen LogP contribution in [0.3, 0.4) is 0 Å². The maximum absolute atomic E-state index is 11.7. The van der Waals surface area contributed by atoms with Crippen molar-refractivity contribution in [2.45, 2.75) is 11.3 Å². The monoisotopic (exact) mass is 363 g/mol. The van der Waals surface area contributed by atoms with Gasteiger partial charge in [0.1, 0.15) is 4.32 Å². The average molecular weight is 364 g/mol. The van der Waals surface area contributed by atoms with Crippen LogP contribution >= 0.6 is 39.9 Å². The van der Waals surface area contributed by atoms with Crippen LogP contribution in [0.15, 0.2) is 28.7 Å². The Morgan fingerprint density at radius 3 is 2.89 bits per heavy atom. The molecule has 2 aliphatic heterocycles. The SMILES string of the molecule is O=S1(=O)C[C@@H]2SC(=S)N(c3cccc(Br)c3)[C@@H]2C1. The summed E-state index contributed by atoms with van der Waals surface area (Å²) in [5.74, 6) is 0.449. The van der Waals surface area contributed by atoms with E-state index in [0.29, 0.717) is 0 Å². The molecule has 0 spiro atoms. The van der Waals surface area contributed by atoms with Crippen LogP contribution in [0.5, 0.6) is 0 Å². The van der Waals surface area contributed by atoms with Crippen molar-refractivity contribution in [1.29, 1.82) is 0 Å². The molecule has 2 atom stereocenters. The van der Waals surface area contributed by atoms with E-state index in [0.717, 1.165) is 14.5 Å². The van der Waals surface area contributed by atoms with Gasteiger partial charge < -0.3 is 4.90 Å². The third kappa shape index (κ3) is 2.21. The Kier molecular flexibility index (Phi) is 3.20. The highest BCUT2D eigenvalue weighted by Gasteiger charge is 2.48. The molecule has 18 heavy (non-hydrogen) atoms. The summed E-state index contributed by atoms with van der Waals surface area (Å²) in [6.07, 6.45) is 0. The van der Waals surface area contributed by atoms with E-state index in [4.69, 9.17) is 12.2 Å². The molecule has 0 radical (unpaired) electrons. The molecule has 0 unspecified atom stereocenters. The molecule has 3 nitrogen and oxygen atoms in total. The number of sulfone groups is 1. The van der Waals surface area contributed by atoms with Gasteiger partial charge in [0.2, 0.25) is 0 Å². The minimum atomic E-state index is -2.91. The normalized spacial score (nSPS) is 29.6. The average Bonchev–Trinajstić information content (AvgIpc) is 2.68. The highest BCUT2D eigenvalue weighted by molar-refractivity contribution is 9.10. The van der Waals surface area contributed by atoms with Gasteiger partial charge in [0.15, 0.2) is 9.84 Å². The van der Waals surface area contributed by atoms with Gasteiger partial charge in [-0.05, 0) is 18.2 Å². The molecule has 2 fully saturated rings. The van der Waals surface area contributed by atoms with Crippen LogP contribution in [0.25, 0.3) is 0 Å². The summed E-state index contributed by atoms with van der Waals surface area (Å²) >= 11 is 10.3. The van der Waals surface area contributed by atoms with Crippen LogP contribution in [0.2, 0.25) is 0 Å². The summed E-state index contributed by atoms with van der Waals surface area (Å²) in [5.41, 5.74) is 0.964.